The van der Waals surface area contributed by atoms with Crippen LogP contribution in [0.4, 0.5) is 8.78 Å². The Kier molecular flexibility index (Phi) is 10.5. The lowest BCUT2D eigenvalue weighted by molar-refractivity contribution is -0.145. The Morgan fingerprint density at radius 1 is 0.900 bits per heavy atom. The molecule has 216 valence electrons. The highest BCUT2D eigenvalue weighted by molar-refractivity contribution is 7.60. The maximum atomic E-state index is 16.0. The SMILES string of the molecule is CCOC(=O)[C@H](C)NP(=O)(N[C@@H](C)C(=O)OCC)C(F)(F)c1ccc2sc(C(=O)OCc3ccccc3)cc2c1. The second-order valence-electron chi connectivity index (χ2n) is 8.78. The number of carbonyl (C=O) groups excluding carboxylic acids is 3. The molecule has 0 aliphatic carbocycles. The molecule has 0 aliphatic rings. The van der Waals surface area contributed by atoms with E-state index in [9.17, 15) is 18.9 Å². The Morgan fingerprint density at radius 3 is 2.02 bits per heavy atom. The smallest absolute Gasteiger partial charge is 0.349 e. The average molecular weight is 597 g/mol. The zero-order valence-electron chi connectivity index (χ0n) is 22.4. The third kappa shape index (κ3) is 7.31. The summed E-state index contributed by atoms with van der Waals surface area (Å²) in [6.45, 7) is 5.57. The molecule has 0 saturated heterocycles. The number of carbonyl (C=O) groups is 3. The van der Waals surface area contributed by atoms with E-state index >= 15 is 8.78 Å². The van der Waals surface area contributed by atoms with Gasteiger partial charge in [0.15, 0.2) is 0 Å². The maximum absolute atomic E-state index is 16.0. The van der Waals surface area contributed by atoms with Gasteiger partial charge in [-0.25, -0.2) is 15.0 Å². The van der Waals surface area contributed by atoms with E-state index < -0.39 is 48.7 Å². The fourth-order valence-corrected chi connectivity index (χ4v) is 6.83. The third-order valence-electron chi connectivity index (χ3n) is 5.70. The molecule has 1 heterocycles. The van der Waals surface area contributed by atoms with Crippen molar-refractivity contribution >= 4 is 46.8 Å². The first-order valence-corrected chi connectivity index (χ1v) is 15.1. The molecule has 3 rings (SSSR count). The summed E-state index contributed by atoms with van der Waals surface area (Å²) in [5.74, 6) is -2.40. The van der Waals surface area contributed by atoms with E-state index in [0.717, 1.165) is 29.0 Å². The number of ether oxygens (including phenoxy) is 3. The molecule has 0 bridgehead atoms. The van der Waals surface area contributed by atoms with Gasteiger partial charge in [0.1, 0.15) is 23.6 Å². The van der Waals surface area contributed by atoms with E-state index in [4.69, 9.17) is 14.2 Å². The van der Waals surface area contributed by atoms with E-state index in [0.29, 0.717) is 10.1 Å². The Balaban J connectivity index is 1.91. The largest absolute Gasteiger partial charge is 0.465 e. The van der Waals surface area contributed by atoms with E-state index in [2.05, 4.69) is 10.2 Å². The quantitative estimate of drug-likeness (QED) is 0.148. The van der Waals surface area contributed by atoms with Crippen molar-refractivity contribution in [1.29, 1.82) is 0 Å². The number of fused-ring (bicyclic) bond motifs is 1. The molecule has 1 aromatic heterocycles. The van der Waals surface area contributed by atoms with Crippen molar-refractivity contribution in [2.24, 2.45) is 0 Å². The van der Waals surface area contributed by atoms with Crippen LogP contribution in [0.2, 0.25) is 0 Å². The highest BCUT2D eigenvalue weighted by atomic mass is 32.1. The number of rotatable bonds is 13. The number of hydrogen-bond acceptors (Lipinski definition) is 8. The molecular weight excluding hydrogens is 565 g/mol. The Hall–Kier alpha value is -3.18. The molecule has 0 aliphatic heterocycles. The normalized spacial score (nSPS) is 13.4. The molecule has 0 unspecified atom stereocenters. The van der Waals surface area contributed by atoms with E-state index in [1.54, 1.807) is 26.0 Å². The van der Waals surface area contributed by atoms with Crippen LogP contribution in [0.5, 0.6) is 0 Å². The van der Waals surface area contributed by atoms with Gasteiger partial charge in [0, 0.05) is 10.3 Å². The fourth-order valence-electron chi connectivity index (χ4n) is 3.69. The number of nitrogens with one attached hydrogen (secondary N) is 2. The van der Waals surface area contributed by atoms with Gasteiger partial charge < -0.3 is 14.2 Å². The first-order chi connectivity index (χ1) is 18.9. The van der Waals surface area contributed by atoms with Gasteiger partial charge in [0.25, 0.3) is 7.44 Å². The van der Waals surface area contributed by atoms with Crippen LogP contribution >= 0.6 is 18.8 Å². The molecule has 2 atom stereocenters. The number of hydrogen-bond donors (Lipinski definition) is 2. The summed E-state index contributed by atoms with van der Waals surface area (Å²) < 4.78 is 61.6. The van der Waals surface area contributed by atoms with Gasteiger partial charge in [-0.3, -0.25) is 14.2 Å². The van der Waals surface area contributed by atoms with Gasteiger partial charge in [-0.2, -0.15) is 8.78 Å². The highest BCUT2D eigenvalue weighted by Crippen LogP contribution is 2.60. The van der Waals surface area contributed by atoms with Crippen molar-refractivity contribution in [3.05, 3.63) is 70.6 Å². The lowest BCUT2D eigenvalue weighted by Crippen LogP contribution is -2.46. The molecule has 2 aromatic carbocycles. The summed E-state index contributed by atoms with van der Waals surface area (Å²) in [7, 11) is -5.07. The van der Waals surface area contributed by atoms with Crippen LogP contribution in [0.15, 0.2) is 54.6 Å². The highest BCUT2D eigenvalue weighted by Gasteiger charge is 2.54. The summed E-state index contributed by atoms with van der Waals surface area (Å²) in [5, 5.41) is 4.68. The molecule has 13 heteroatoms. The van der Waals surface area contributed by atoms with Gasteiger partial charge in [-0.1, -0.05) is 36.4 Å². The second-order valence-corrected chi connectivity index (χ2v) is 12.2. The minimum atomic E-state index is -5.07. The number of alkyl halides is 2. The van der Waals surface area contributed by atoms with Gasteiger partial charge in [-0.15, -0.1) is 11.3 Å². The van der Waals surface area contributed by atoms with Crippen molar-refractivity contribution in [2.75, 3.05) is 13.2 Å². The zero-order valence-corrected chi connectivity index (χ0v) is 24.2. The summed E-state index contributed by atoms with van der Waals surface area (Å²) >= 11 is 1.07. The minimum Gasteiger partial charge on any atom is -0.465 e. The van der Waals surface area contributed by atoms with Crippen LogP contribution in [-0.2, 0) is 40.6 Å². The monoisotopic (exact) mass is 596 g/mol. The summed E-state index contributed by atoms with van der Waals surface area (Å²) in [6.07, 6.45) is 0. The van der Waals surface area contributed by atoms with E-state index in [1.807, 2.05) is 18.2 Å². The van der Waals surface area contributed by atoms with Gasteiger partial charge in [0.2, 0.25) is 0 Å². The van der Waals surface area contributed by atoms with Crippen LogP contribution in [0.1, 0.15) is 48.5 Å². The third-order valence-corrected chi connectivity index (χ3v) is 9.35. The van der Waals surface area contributed by atoms with Crippen LogP contribution in [0, 0.1) is 0 Å². The lowest BCUT2D eigenvalue weighted by atomic mass is 10.1. The van der Waals surface area contributed by atoms with E-state index in [1.165, 1.54) is 26.0 Å². The molecule has 40 heavy (non-hydrogen) atoms. The van der Waals surface area contributed by atoms with Gasteiger partial charge in [-0.05, 0) is 56.8 Å². The molecule has 2 N–H and O–H groups in total. The van der Waals surface area contributed by atoms with Crippen molar-refractivity contribution < 1.29 is 41.9 Å². The topological polar surface area (TPSA) is 120 Å². The Morgan fingerprint density at radius 2 is 1.48 bits per heavy atom. The van der Waals surface area contributed by atoms with Gasteiger partial charge in [0.05, 0.1) is 13.2 Å². The zero-order chi connectivity index (χ0) is 29.5. The van der Waals surface area contributed by atoms with Crippen molar-refractivity contribution in [3.8, 4) is 0 Å². The van der Waals surface area contributed by atoms with Crippen LogP contribution in [0.3, 0.4) is 0 Å². The number of benzene rings is 2. The Bertz CT molecular complexity index is 1370. The Labute approximate surface area is 234 Å². The van der Waals surface area contributed by atoms with Crippen molar-refractivity contribution in [1.82, 2.24) is 10.2 Å². The summed E-state index contributed by atoms with van der Waals surface area (Å²) in [4.78, 5) is 37.2. The maximum Gasteiger partial charge on any atom is 0.349 e. The first-order valence-electron chi connectivity index (χ1n) is 12.5. The average Bonchev–Trinajstić information content (AvgIpc) is 3.36. The summed E-state index contributed by atoms with van der Waals surface area (Å²) in [6, 6.07) is 11.3. The second kappa shape index (κ2) is 13.5. The molecule has 9 nitrogen and oxygen atoms in total. The van der Waals surface area contributed by atoms with Crippen LogP contribution in [-0.4, -0.2) is 43.2 Å². The van der Waals surface area contributed by atoms with Crippen molar-refractivity contribution in [2.45, 2.75) is 52.0 Å². The first kappa shape index (κ1) is 31.3. The predicted octanol–water partition coefficient (Wildman–Crippen LogP) is 5.58. The summed E-state index contributed by atoms with van der Waals surface area (Å²) in [5.41, 5.74) is -3.96. The minimum absolute atomic E-state index is 0.0108. The van der Waals surface area contributed by atoms with Gasteiger partial charge >= 0.3 is 23.6 Å². The standard InChI is InChI=1S/C27H31F2N2O7PS/c1-5-36-24(32)17(3)30-39(35,31-18(4)25(33)37-6-2)27(28,29)21-12-13-22-20(14-21)15-23(40-22)26(34)38-16-19-10-8-7-9-11-19/h7-15,17-18H,5-6,16H2,1-4H3,(H2,30,31,35)/t17-,18-/m0/s1. The van der Waals surface area contributed by atoms with Crippen LogP contribution < -0.4 is 10.2 Å². The molecule has 0 saturated carbocycles. The number of thiophene rings is 1. The number of esters is 3. The molecule has 0 spiro atoms. The van der Waals surface area contributed by atoms with Crippen LogP contribution in [0.25, 0.3) is 10.1 Å². The molecule has 0 amide bonds. The van der Waals surface area contributed by atoms with E-state index in [-0.39, 0.29) is 24.7 Å². The predicted molar refractivity (Wildman–Crippen MR) is 147 cm³/mol. The molecule has 0 fully saturated rings. The fraction of sp³-hybridized carbons (Fsp3) is 0.370. The molecule has 0 radical (unpaired) electrons. The molecular formula is C27H31F2N2O7PS. The van der Waals surface area contributed by atoms with Crippen molar-refractivity contribution in [3.63, 3.8) is 0 Å². The lowest BCUT2D eigenvalue weighted by Gasteiger charge is -2.32. The number of halogens is 2. The molecule has 3 aromatic rings.